The van der Waals surface area contributed by atoms with Crippen LogP contribution in [0.15, 0.2) is 77.7 Å². The number of nitrogens with zero attached hydrogens (tertiary/aromatic N) is 2. The lowest BCUT2D eigenvalue weighted by Gasteiger charge is -2.32. The zero-order chi connectivity index (χ0) is 26.5. The van der Waals surface area contributed by atoms with Crippen molar-refractivity contribution in [1.82, 2.24) is 10.2 Å². The Morgan fingerprint density at radius 1 is 0.972 bits per heavy atom. The maximum atomic E-state index is 13.7. The lowest BCUT2D eigenvalue weighted by Crippen LogP contribution is -2.50. The average Bonchev–Trinajstić information content (AvgIpc) is 2.85. The van der Waals surface area contributed by atoms with Crippen LogP contribution in [-0.2, 0) is 26.2 Å². The number of nitrogens with one attached hydrogen (secondary N) is 1. The number of hydrogen-bond acceptors (Lipinski definition) is 4. The summed E-state index contributed by atoms with van der Waals surface area (Å²) < 4.78 is 28.4. The average molecular weight is 548 g/mol. The molecule has 36 heavy (non-hydrogen) atoms. The Balaban J connectivity index is 2.05. The second kappa shape index (κ2) is 11.8. The van der Waals surface area contributed by atoms with Gasteiger partial charge in [0.2, 0.25) is 11.8 Å². The van der Waals surface area contributed by atoms with E-state index in [1.807, 2.05) is 6.92 Å². The molecule has 0 spiro atoms. The minimum atomic E-state index is -4.17. The molecule has 0 radical (unpaired) electrons. The molecule has 0 aromatic heterocycles. The van der Waals surface area contributed by atoms with Crippen molar-refractivity contribution < 1.29 is 18.0 Å². The fraction of sp³-hybridized carbons (Fsp3) is 0.231. The number of benzene rings is 3. The first-order valence-electron chi connectivity index (χ1n) is 11.1. The molecule has 0 saturated carbocycles. The smallest absolute Gasteiger partial charge is 0.264 e. The van der Waals surface area contributed by atoms with Crippen molar-refractivity contribution in [3.05, 3.63) is 94.0 Å². The molecule has 0 bridgehead atoms. The molecule has 7 nitrogen and oxygen atoms in total. The highest BCUT2D eigenvalue weighted by Gasteiger charge is 2.33. The van der Waals surface area contributed by atoms with Gasteiger partial charge in [-0.1, -0.05) is 65.2 Å². The van der Waals surface area contributed by atoms with Gasteiger partial charge in [-0.3, -0.25) is 13.9 Å². The highest BCUT2D eigenvalue weighted by atomic mass is 35.5. The molecule has 0 aliphatic heterocycles. The monoisotopic (exact) mass is 547 g/mol. The molecule has 10 heteroatoms. The van der Waals surface area contributed by atoms with E-state index in [4.69, 9.17) is 23.2 Å². The minimum absolute atomic E-state index is 0.0153. The number of rotatable bonds is 9. The Kier molecular flexibility index (Phi) is 9.00. The Morgan fingerprint density at radius 3 is 2.25 bits per heavy atom. The van der Waals surface area contributed by atoms with E-state index in [1.165, 1.54) is 30.1 Å². The Morgan fingerprint density at radius 2 is 1.64 bits per heavy atom. The first-order chi connectivity index (χ1) is 17.0. The number of hydrogen-bond donors (Lipinski definition) is 1. The molecule has 3 aromatic rings. The number of carbonyl (C=O) groups is 2. The van der Waals surface area contributed by atoms with E-state index in [0.717, 1.165) is 9.87 Å². The van der Waals surface area contributed by atoms with E-state index in [1.54, 1.807) is 61.5 Å². The largest absolute Gasteiger partial charge is 0.357 e. The highest BCUT2D eigenvalue weighted by Crippen LogP contribution is 2.31. The number of carbonyl (C=O) groups excluding carboxylic acids is 2. The molecule has 3 aromatic carbocycles. The van der Waals surface area contributed by atoms with Crippen LogP contribution in [0.2, 0.25) is 10.0 Å². The molecule has 190 valence electrons. The molecule has 1 N–H and O–H groups in total. The summed E-state index contributed by atoms with van der Waals surface area (Å²) in [5.74, 6) is -0.974. The number of aryl methyl sites for hydroxylation is 1. The molecule has 0 saturated heterocycles. The maximum Gasteiger partial charge on any atom is 0.264 e. The Bertz CT molecular complexity index is 1350. The number of halogens is 2. The number of sulfonamides is 1. The van der Waals surface area contributed by atoms with Gasteiger partial charge in [0.1, 0.15) is 12.6 Å². The van der Waals surface area contributed by atoms with Crippen LogP contribution in [0.3, 0.4) is 0 Å². The van der Waals surface area contributed by atoms with Crippen molar-refractivity contribution in [2.24, 2.45) is 0 Å². The van der Waals surface area contributed by atoms with Gasteiger partial charge in [0, 0.05) is 18.6 Å². The zero-order valence-corrected chi connectivity index (χ0v) is 22.4. The molecular weight excluding hydrogens is 521 g/mol. The van der Waals surface area contributed by atoms with E-state index < -0.39 is 34.4 Å². The van der Waals surface area contributed by atoms with Crippen molar-refractivity contribution in [3.63, 3.8) is 0 Å². The first kappa shape index (κ1) is 27.5. The van der Waals surface area contributed by atoms with E-state index >= 15 is 0 Å². The summed E-state index contributed by atoms with van der Waals surface area (Å²) in [6, 6.07) is 18.7. The van der Waals surface area contributed by atoms with Gasteiger partial charge in [-0.05, 0) is 55.8 Å². The molecule has 0 aliphatic carbocycles. The lowest BCUT2D eigenvalue weighted by atomic mass is 10.1. The van der Waals surface area contributed by atoms with Gasteiger partial charge < -0.3 is 10.2 Å². The number of para-hydroxylation sites is 1. The predicted molar refractivity (Wildman–Crippen MR) is 143 cm³/mol. The van der Waals surface area contributed by atoms with Gasteiger partial charge >= 0.3 is 0 Å². The summed E-state index contributed by atoms with van der Waals surface area (Å²) >= 11 is 12.5. The third kappa shape index (κ3) is 6.37. The number of likely N-dealkylation sites (N-methyl/N-ethyl adjacent to an activating group) is 1. The van der Waals surface area contributed by atoms with Gasteiger partial charge in [-0.15, -0.1) is 0 Å². The highest BCUT2D eigenvalue weighted by molar-refractivity contribution is 7.92. The molecular formula is C26H27Cl2N3O4S. The molecule has 3 rings (SSSR count). The van der Waals surface area contributed by atoms with Gasteiger partial charge in [0.05, 0.1) is 15.6 Å². The van der Waals surface area contributed by atoms with Crippen LogP contribution in [-0.4, -0.2) is 44.8 Å². The number of amides is 2. The van der Waals surface area contributed by atoms with E-state index in [-0.39, 0.29) is 22.2 Å². The van der Waals surface area contributed by atoms with Crippen LogP contribution in [0.5, 0.6) is 0 Å². The van der Waals surface area contributed by atoms with Crippen molar-refractivity contribution in [1.29, 1.82) is 0 Å². The van der Waals surface area contributed by atoms with Crippen LogP contribution in [0.25, 0.3) is 0 Å². The van der Waals surface area contributed by atoms with Crippen LogP contribution < -0.4 is 9.62 Å². The fourth-order valence-corrected chi connectivity index (χ4v) is 5.56. The third-order valence-corrected chi connectivity index (χ3v) is 7.99. The van der Waals surface area contributed by atoms with Gasteiger partial charge in [0.25, 0.3) is 10.0 Å². The van der Waals surface area contributed by atoms with Gasteiger partial charge in [-0.2, -0.15) is 0 Å². The summed E-state index contributed by atoms with van der Waals surface area (Å²) in [5.41, 5.74) is 1.74. The van der Waals surface area contributed by atoms with Crippen LogP contribution in [0, 0.1) is 6.92 Å². The third-order valence-electron chi connectivity index (χ3n) is 5.66. The molecule has 1 atom stereocenters. The van der Waals surface area contributed by atoms with Crippen LogP contribution in [0.4, 0.5) is 5.69 Å². The molecule has 0 heterocycles. The van der Waals surface area contributed by atoms with Crippen LogP contribution >= 0.6 is 23.2 Å². The first-order valence-corrected chi connectivity index (χ1v) is 13.3. The number of anilines is 1. The van der Waals surface area contributed by atoms with E-state index in [9.17, 15) is 18.0 Å². The molecule has 2 amide bonds. The minimum Gasteiger partial charge on any atom is -0.357 e. The van der Waals surface area contributed by atoms with Crippen molar-refractivity contribution >= 4 is 50.7 Å². The lowest BCUT2D eigenvalue weighted by molar-refractivity contribution is -0.139. The summed E-state index contributed by atoms with van der Waals surface area (Å²) in [7, 11) is -2.70. The van der Waals surface area contributed by atoms with Gasteiger partial charge in [-0.25, -0.2) is 8.42 Å². The molecule has 0 unspecified atom stereocenters. The van der Waals surface area contributed by atoms with E-state index in [0.29, 0.717) is 10.6 Å². The fourth-order valence-electron chi connectivity index (χ4n) is 3.63. The zero-order valence-electron chi connectivity index (χ0n) is 20.1. The van der Waals surface area contributed by atoms with Crippen molar-refractivity contribution in [2.75, 3.05) is 17.9 Å². The van der Waals surface area contributed by atoms with Crippen molar-refractivity contribution in [2.45, 2.75) is 31.3 Å². The SMILES string of the molecule is CNC(=O)[C@H](C)N(Cc1cccc(Cl)c1)C(=O)CN(c1ccccc1Cl)S(=O)(=O)c1ccc(C)cc1. The predicted octanol–water partition coefficient (Wildman–Crippen LogP) is 4.66. The summed E-state index contributed by atoms with van der Waals surface area (Å²) in [6.45, 7) is 2.91. The summed E-state index contributed by atoms with van der Waals surface area (Å²) in [6.07, 6.45) is 0. The Hall–Kier alpha value is -3.07. The maximum absolute atomic E-state index is 13.7. The second-order valence-corrected chi connectivity index (χ2v) is 10.9. The van der Waals surface area contributed by atoms with E-state index in [2.05, 4.69) is 5.32 Å². The quantitative estimate of drug-likeness (QED) is 0.422. The van der Waals surface area contributed by atoms with Gasteiger partial charge in [0.15, 0.2) is 0 Å². The topological polar surface area (TPSA) is 86.8 Å². The molecule has 0 aliphatic rings. The summed E-state index contributed by atoms with van der Waals surface area (Å²) in [4.78, 5) is 27.5. The van der Waals surface area contributed by atoms with Crippen molar-refractivity contribution in [3.8, 4) is 0 Å². The molecule has 0 fully saturated rings. The second-order valence-electron chi connectivity index (χ2n) is 8.22. The normalized spacial score (nSPS) is 12.0. The standard InChI is InChI=1S/C26H27Cl2N3O4S/c1-18-11-13-22(14-12-18)36(34,35)31(24-10-5-4-9-23(24)28)17-25(32)30(19(2)26(33)29-3)16-20-7-6-8-21(27)15-20/h4-15,19H,16-17H2,1-3H3,(H,29,33)/t19-/m0/s1. The summed E-state index contributed by atoms with van der Waals surface area (Å²) in [5, 5.41) is 3.19. The Labute approximate surface area is 221 Å². The van der Waals surface area contributed by atoms with Crippen LogP contribution in [0.1, 0.15) is 18.1 Å².